The van der Waals surface area contributed by atoms with Gasteiger partial charge in [0.2, 0.25) is 21.8 Å². The number of nitrogens with one attached hydrogen (secondary N) is 1. The number of sulfonamides is 1. The van der Waals surface area contributed by atoms with E-state index in [2.05, 4.69) is 5.32 Å². The van der Waals surface area contributed by atoms with Gasteiger partial charge in [-0.3, -0.25) is 9.59 Å². The molecule has 8 heteroatoms. The molecule has 2 amide bonds. The molecule has 2 aromatic carbocycles. The minimum Gasteiger partial charge on any atom is -0.325 e. The number of carbonyl (C=O) groups excluding carboxylic acids is 2. The number of benzene rings is 2. The van der Waals surface area contributed by atoms with E-state index in [1.165, 1.54) is 19.2 Å². The van der Waals surface area contributed by atoms with E-state index in [0.29, 0.717) is 18.7 Å². The third-order valence-corrected chi connectivity index (χ3v) is 6.45. The molecule has 1 aliphatic rings. The van der Waals surface area contributed by atoms with E-state index >= 15 is 0 Å². The average Bonchev–Trinajstić information content (AvgIpc) is 3.08. The van der Waals surface area contributed by atoms with Crippen LogP contribution in [-0.2, 0) is 19.6 Å². The number of anilines is 2. The van der Waals surface area contributed by atoms with E-state index in [1.54, 1.807) is 41.3 Å². The topological polar surface area (TPSA) is 86.8 Å². The minimum atomic E-state index is -3.74. The Hall–Kier alpha value is -2.71. The van der Waals surface area contributed by atoms with Crippen LogP contribution < -0.4 is 10.2 Å². The predicted molar refractivity (Wildman–Crippen MR) is 108 cm³/mol. The molecule has 0 aliphatic carbocycles. The highest BCUT2D eigenvalue weighted by Crippen LogP contribution is 2.23. The lowest BCUT2D eigenvalue weighted by Crippen LogP contribution is -2.35. The quantitative estimate of drug-likeness (QED) is 0.805. The molecule has 7 nitrogen and oxygen atoms in total. The average molecular weight is 401 g/mol. The molecular weight excluding hydrogens is 378 g/mol. The predicted octanol–water partition coefficient (Wildman–Crippen LogP) is 2.38. The van der Waals surface area contributed by atoms with Crippen LogP contribution in [0.5, 0.6) is 0 Å². The Labute approximate surface area is 165 Å². The standard InChI is InChI=1S/C20H23N3O4S/c1-15-5-11-18(12-6-15)28(26,27)22(2)14-19(24)21-16-7-9-17(10-8-16)23-13-3-4-20(23)25/h5-12H,3-4,13-14H2,1-2H3,(H,21,24). The molecule has 2 aromatic rings. The van der Waals surface area contributed by atoms with Gasteiger partial charge < -0.3 is 10.2 Å². The Morgan fingerprint density at radius 2 is 1.75 bits per heavy atom. The number of carbonyl (C=O) groups is 2. The highest BCUT2D eigenvalue weighted by atomic mass is 32.2. The fourth-order valence-corrected chi connectivity index (χ4v) is 4.15. The van der Waals surface area contributed by atoms with Crippen molar-refractivity contribution in [2.45, 2.75) is 24.7 Å². The Morgan fingerprint density at radius 1 is 1.11 bits per heavy atom. The molecule has 1 aliphatic heterocycles. The highest BCUT2D eigenvalue weighted by molar-refractivity contribution is 7.89. The largest absolute Gasteiger partial charge is 0.325 e. The summed E-state index contributed by atoms with van der Waals surface area (Å²) in [5.74, 6) is -0.345. The molecule has 0 spiro atoms. The van der Waals surface area contributed by atoms with Crippen molar-refractivity contribution in [3.05, 3.63) is 54.1 Å². The summed E-state index contributed by atoms with van der Waals surface area (Å²) in [6.45, 7) is 2.27. The van der Waals surface area contributed by atoms with Gasteiger partial charge in [0, 0.05) is 31.4 Å². The molecule has 1 heterocycles. The van der Waals surface area contributed by atoms with Crippen LogP contribution in [0.4, 0.5) is 11.4 Å². The Kier molecular flexibility index (Phi) is 5.81. The molecule has 0 saturated carbocycles. The monoisotopic (exact) mass is 401 g/mol. The van der Waals surface area contributed by atoms with Crippen LogP contribution in [0.2, 0.25) is 0 Å². The van der Waals surface area contributed by atoms with Crippen LogP contribution in [0, 0.1) is 6.92 Å². The summed E-state index contributed by atoms with van der Waals surface area (Å²) < 4.78 is 26.1. The van der Waals surface area contributed by atoms with Gasteiger partial charge in [0.05, 0.1) is 11.4 Å². The van der Waals surface area contributed by atoms with Crippen molar-refractivity contribution < 1.29 is 18.0 Å². The summed E-state index contributed by atoms with van der Waals surface area (Å²) in [7, 11) is -2.37. The van der Waals surface area contributed by atoms with Gasteiger partial charge in [-0.2, -0.15) is 4.31 Å². The third kappa shape index (κ3) is 4.40. The first-order valence-electron chi connectivity index (χ1n) is 9.01. The van der Waals surface area contributed by atoms with E-state index in [4.69, 9.17) is 0 Å². The SMILES string of the molecule is Cc1ccc(S(=O)(=O)N(C)CC(=O)Nc2ccc(N3CCCC3=O)cc2)cc1. The summed E-state index contributed by atoms with van der Waals surface area (Å²) in [5, 5.41) is 2.69. The Morgan fingerprint density at radius 3 is 2.32 bits per heavy atom. The molecule has 3 rings (SSSR count). The van der Waals surface area contributed by atoms with Gasteiger partial charge in [-0.05, 0) is 49.7 Å². The molecule has 0 unspecified atom stereocenters. The first-order valence-corrected chi connectivity index (χ1v) is 10.4. The van der Waals surface area contributed by atoms with Crippen molar-refractivity contribution in [2.24, 2.45) is 0 Å². The van der Waals surface area contributed by atoms with E-state index < -0.39 is 15.9 Å². The zero-order chi connectivity index (χ0) is 20.3. The van der Waals surface area contributed by atoms with E-state index in [1.807, 2.05) is 6.92 Å². The number of amides is 2. The van der Waals surface area contributed by atoms with Crippen molar-refractivity contribution in [1.82, 2.24) is 4.31 Å². The second-order valence-corrected chi connectivity index (χ2v) is 8.86. The summed E-state index contributed by atoms with van der Waals surface area (Å²) in [6.07, 6.45) is 1.40. The molecule has 1 N–H and O–H groups in total. The van der Waals surface area contributed by atoms with E-state index in [-0.39, 0.29) is 17.3 Å². The van der Waals surface area contributed by atoms with Gasteiger partial charge in [-0.15, -0.1) is 0 Å². The fourth-order valence-electron chi connectivity index (χ4n) is 3.02. The molecule has 0 atom stereocenters. The smallest absolute Gasteiger partial charge is 0.243 e. The van der Waals surface area contributed by atoms with Gasteiger partial charge in [-0.1, -0.05) is 17.7 Å². The first kappa shape index (κ1) is 20.0. The van der Waals surface area contributed by atoms with Crippen molar-refractivity contribution >= 4 is 33.2 Å². The Balaban J connectivity index is 1.61. The number of likely N-dealkylation sites (N-methyl/N-ethyl adjacent to an activating group) is 1. The van der Waals surface area contributed by atoms with Crippen molar-refractivity contribution in [3.8, 4) is 0 Å². The molecule has 0 bridgehead atoms. The number of hydrogen-bond acceptors (Lipinski definition) is 4. The maximum Gasteiger partial charge on any atom is 0.243 e. The zero-order valence-corrected chi connectivity index (χ0v) is 16.7. The van der Waals surface area contributed by atoms with Crippen molar-refractivity contribution in [3.63, 3.8) is 0 Å². The summed E-state index contributed by atoms with van der Waals surface area (Å²) in [6, 6.07) is 13.4. The molecule has 28 heavy (non-hydrogen) atoms. The minimum absolute atomic E-state index is 0.0970. The molecule has 1 saturated heterocycles. The molecule has 148 valence electrons. The summed E-state index contributed by atoms with van der Waals surface area (Å²) in [4.78, 5) is 25.9. The summed E-state index contributed by atoms with van der Waals surface area (Å²) in [5.41, 5.74) is 2.29. The normalized spacial score (nSPS) is 14.5. The van der Waals surface area contributed by atoms with Gasteiger partial charge in [-0.25, -0.2) is 8.42 Å². The number of aryl methyl sites for hydroxylation is 1. The zero-order valence-electron chi connectivity index (χ0n) is 15.9. The van der Waals surface area contributed by atoms with E-state index in [9.17, 15) is 18.0 Å². The van der Waals surface area contributed by atoms with Crippen molar-refractivity contribution in [1.29, 1.82) is 0 Å². The molecule has 0 radical (unpaired) electrons. The molecular formula is C20H23N3O4S. The number of rotatable bonds is 6. The maximum absolute atomic E-state index is 12.6. The van der Waals surface area contributed by atoms with Crippen LogP contribution in [0.25, 0.3) is 0 Å². The Bertz CT molecular complexity index is 970. The lowest BCUT2D eigenvalue weighted by Gasteiger charge is -2.18. The van der Waals surface area contributed by atoms with Crippen LogP contribution in [0.15, 0.2) is 53.4 Å². The van der Waals surface area contributed by atoms with Gasteiger partial charge in [0.1, 0.15) is 0 Å². The third-order valence-electron chi connectivity index (χ3n) is 4.63. The second-order valence-electron chi connectivity index (χ2n) is 6.82. The highest BCUT2D eigenvalue weighted by Gasteiger charge is 2.23. The van der Waals surface area contributed by atoms with Crippen LogP contribution in [-0.4, -0.2) is 44.7 Å². The van der Waals surface area contributed by atoms with Crippen LogP contribution in [0.3, 0.4) is 0 Å². The van der Waals surface area contributed by atoms with Crippen LogP contribution >= 0.6 is 0 Å². The maximum atomic E-state index is 12.6. The van der Waals surface area contributed by atoms with Crippen molar-refractivity contribution in [2.75, 3.05) is 30.4 Å². The number of hydrogen-bond donors (Lipinski definition) is 1. The molecule has 1 fully saturated rings. The van der Waals surface area contributed by atoms with Gasteiger partial charge >= 0.3 is 0 Å². The lowest BCUT2D eigenvalue weighted by molar-refractivity contribution is -0.117. The number of nitrogens with zero attached hydrogens (tertiary/aromatic N) is 2. The summed E-state index contributed by atoms with van der Waals surface area (Å²) >= 11 is 0. The molecule has 0 aromatic heterocycles. The van der Waals surface area contributed by atoms with Gasteiger partial charge in [0.15, 0.2) is 0 Å². The first-order chi connectivity index (χ1) is 13.3. The lowest BCUT2D eigenvalue weighted by atomic mass is 10.2. The van der Waals surface area contributed by atoms with E-state index in [0.717, 1.165) is 22.0 Å². The fraction of sp³-hybridized carbons (Fsp3) is 0.300. The van der Waals surface area contributed by atoms with Crippen LogP contribution in [0.1, 0.15) is 18.4 Å². The van der Waals surface area contributed by atoms with Gasteiger partial charge in [0.25, 0.3) is 0 Å². The second kappa shape index (κ2) is 8.12.